The Balaban J connectivity index is 2.21. The zero-order chi connectivity index (χ0) is 9.68. The van der Waals surface area contributed by atoms with E-state index in [1.807, 2.05) is 0 Å². The van der Waals surface area contributed by atoms with Crippen LogP contribution in [0.5, 0.6) is 0 Å². The van der Waals surface area contributed by atoms with E-state index in [4.69, 9.17) is 11.6 Å². The molecule has 1 rings (SSSR count). The molecule has 3 heteroatoms. The van der Waals surface area contributed by atoms with Crippen molar-refractivity contribution in [1.29, 1.82) is 0 Å². The second kappa shape index (κ2) is 5.61. The number of carbonyl (C=O) groups excluding carboxylic acids is 1. The summed E-state index contributed by atoms with van der Waals surface area (Å²) in [5, 5.41) is 0. The van der Waals surface area contributed by atoms with Gasteiger partial charge in [0, 0.05) is 25.4 Å². The highest BCUT2D eigenvalue weighted by Crippen LogP contribution is 2.17. The van der Waals surface area contributed by atoms with Crippen molar-refractivity contribution in [2.24, 2.45) is 5.92 Å². The van der Waals surface area contributed by atoms with Gasteiger partial charge < -0.3 is 4.90 Å². The first-order valence-electron chi connectivity index (χ1n) is 5.00. The molecule has 0 aromatic heterocycles. The van der Waals surface area contributed by atoms with Crippen LogP contribution in [-0.2, 0) is 4.79 Å². The SMILES string of the molecule is CC(=O)CCN1CCCC(CCl)C1. The van der Waals surface area contributed by atoms with E-state index in [0.29, 0.717) is 12.3 Å². The highest BCUT2D eigenvalue weighted by atomic mass is 35.5. The Morgan fingerprint density at radius 1 is 1.62 bits per heavy atom. The van der Waals surface area contributed by atoms with Crippen molar-refractivity contribution in [2.75, 3.05) is 25.5 Å². The second-order valence-corrected chi connectivity index (χ2v) is 4.22. The lowest BCUT2D eigenvalue weighted by Gasteiger charge is -2.31. The predicted octanol–water partition coefficient (Wildman–Crippen LogP) is 1.92. The largest absolute Gasteiger partial charge is 0.303 e. The Labute approximate surface area is 85.2 Å². The minimum Gasteiger partial charge on any atom is -0.303 e. The number of rotatable bonds is 4. The smallest absolute Gasteiger partial charge is 0.131 e. The van der Waals surface area contributed by atoms with Gasteiger partial charge in [-0.05, 0) is 32.2 Å². The van der Waals surface area contributed by atoms with E-state index in [-0.39, 0.29) is 5.78 Å². The molecule has 1 heterocycles. The lowest BCUT2D eigenvalue weighted by Crippen LogP contribution is -2.37. The Bertz CT molecular complexity index is 172. The van der Waals surface area contributed by atoms with Gasteiger partial charge in [-0.25, -0.2) is 0 Å². The summed E-state index contributed by atoms with van der Waals surface area (Å²) in [6, 6.07) is 0. The molecule has 1 aliphatic heterocycles. The Kier molecular flexibility index (Phi) is 4.74. The molecule has 1 unspecified atom stereocenters. The standard InChI is InChI=1S/C10H18ClNO/c1-9(13)4-6-12-5-2-3-10(7-11)8-12/h10H,2-8H2,1H3. The number of Topliss-reactive ketones (excluding diaryl/α,β-unsaturated/α-hetero) is 1. The first-order chi connectivity index (χ1) is 6.22. The molecule has 0 spiro atoms. The monoisotopic (exact) mass is 203 g/mol. The second-order valence-electron chi connectivity index (χ2n) is 3.92. The van der Waals surface area contributed by atoms with Crippen LogP contribution in [0.25, 0.3) is 0 Å². The quantitative estimate of drug-likeness (QED) is 0.651. The summed E-state index contributed by atoms with van der Waals surface area (Å²) in [4.78, 5) is 13.1. The molecule has 76 valence electrons. The van der Waals surface area contributed by atoms with Gasteiger partial charge in [0.05, 0.1) is 0 Å². The van der Waals surface area contributed by atoms with Crippen LogP contribution >= 0.6 is 11.6 Å². The molecule has 1 aliphatic rings. The van der Waals surface area contributed by atoms with Gasteiger partial charge in [-0.2, -0.15) is 0 Å². The maximum atomic E-state index is 10.8. The highest BCUT2D eigenvalue weighted by Gasteiger charge is 2.18. The fraction of sp³-hybridized carbons (Fsp3) is 0.900. The molecule has 0 bridgehead atoms. The maximum absolute atomic E-state index is 10.8. The molecule has 0 aliphatic carbocycles. The molecular formula is C10H18ClNO. The first kappa shape index (κ1) is 11.0. The minimum absolute atomic E-state index is 0.285. The number of halogens is 1. The predicted molar refractivity (Wildman–Crippen MR) is 55.2 cm³/mol. The molecule has 1 fully saturated rings. The average molecular weight is 204 g/mol. The summed E-state index contributed by atoms with van der Waals surface area (Å²) in [6.07, 6.45) is 3.17. The summed E-state index contributed by atoms with van der Waals surface area (Å²) in [5.74, 6) is 1.69. The zero-order valence-electron chi connectivity index (χ0n) is 8.26. The van der Waals surface area contributed by atoms with Crippen molar-refractivity contribution in [1.82, 2.24) is 4.90 Å². The van der Waals surface area contributed by atoms with Crippen molar-refractivity contribution in [3.63, 3.8) is 0 Å². The maximum Gasteiger partial charge on any atom is 0.131 e. The van der Waals surface area contributed by atoms with Crippen LogP contribution < -0.4 is 0 Å². The third-order valence-electron chi connectivity index (χ3n) is 2.60. The van der Waals surface area contributed by atoms with Crippen LogP contribution in [0.4, 0.5) is 0 Å². The Hall–Kier alpha value is -0.0800. The van der Waals surface area contributed by atoms with E-state index < -0.39 is 0 Å². The van der Waals surface area contributed by atoms with Crippen LogP contribution in [0.15, 0.2) is 0 Å². The Morgan fingerprint density at radius 3 is 3.00 bits per heavy atom. The van der Waals surface area contributed by atoms with Crippen LogP contribution in [-0.4, -0.2) is 36.2 Å². The molecule has 1 atom stereocenters. The number of nitrogens with zero attached hydrogens (tertiary/aromatic N) is 1. The lowest BCUT2D eigenvalue weighted by atomic mass is 10.00. The summed E-state index contributed by atoms with van der Waals surface area (Å²) in [5.41, 5.74) is 0. The Morgan fingerprint density at radius 2 is 2.38 bits per heavy atom. The van der Waals surface area contributed by atoms with Gasteiger partial charge in [-0.3, -0.25) is 4.79 Å². The third-order valence-corrected chi connectivity index (χ3v) is 3.04. The minimum atomic E-state index is 0.285. The molecule has 0 saturated carbocycles. The number of ketones is 1. The summed E-state index contributed by atoms with van der Waals surface area (Å²) < 4.78 is 0. The van der Waals surface area contributed by atoms with Gasteiger partial charge in [-0.15, -0.1) is 11.6 Å². The summed E-state index contributed by atoms with van der Waals surface area (Å²) in [6.45, 7) is 4.79. The summed E-state index contributed by atoms with van der Waals surface area (Å²) >= 11 is 5.81. The topological polar surface area (TPSA) is 20.3 Å². The van der Waals surface area contributed by atoms with Crippen LogP contribution in [0, 0.1) is 5.92 Å². The first-order valence-corrected chi connectivity index (χ1v) is 5.53. The van der Waals surface area contributed by atoms with Crippen molar-refractivity contribution >= 4 is 17.4 Å². The van der Waals surface area contributed by atoms with Gasteiger partial charge in [0.15, 0.2) is 0 Å². The molecule has 1 saturated heterocycles. The third kappa shape index (κ3) is 4.10. The number of hydrogen-bond acceptors (Lipinski definition) is 2. The molecule has 2 nitrogen and oxygen atoms in total. The normalized spacial score (nSPS) is 24.6. The van der Waals surface area contributed by atoms with Gasteiger partial charge >= 0.3 is 0 Å². The highest BCUT2D eigenvalue weighted by molar-refractivity contribution is 6.18. The van der Waals surface area contributed by atoms with Crippen molar-refractivity contribution in [2.45, 2.75) is 26.2 Å². The molecule has 0 aromatic carbocycles. The van der Waals surface area contributed by atoms with Gasteiger partial charge in [0.2, 0.25) is 0 Å². The van der Waals surface area contributed by atoms with E-state index in [9.17, 15) is 4.79 Å². The molecule has 0 radical (unpaired) electrons. The van der Waals surface area contributed by atoms with E-state index in [1.54, 1.807) is 6.92 Å². The van der Waals surface area contributed by atoms with Crippen molar-refractivity contribution in [3.05, 3.63) is 0 Å². The summed E-state index contributed by atoms with van der Waals surface area (Å²) in [7, 11) is 0. The number of alkyl halides is 1. The number of piperidine rings is 1. The number of carbonyl (C=O) groups is 1. The van der Waals surface area contributed by atoms with Gasteiger partial charge in [0.1, 0.15) is 5.78 Å². The van der Waals surface area contributed by atoms with Crippen molar-refractivity contribution < 1.29 is 4.79 Å². The van der Waals surface area contributed by atoms with Gasteiger partial charge in [-0.1, -0.05) is 0 Å². The molecular weight excluding hydrogens is 186 g/mol. The molecule has 13 heavy (non-hydrogen) atoms. The van der Waals surface area contributed by atoms with Crippen molar-refractivity contribution in [3.8, 4) is 0 Å². The average Bonchev–Trinajstić information content (AvgIpc) is 2.15. The van der Waals surface area contributed by atoms with Crippen LogP contribution in [0.1, 0.15) is 26.2 Å². The number of hydrogen-bond donors (Lipinski definition) is 0. The molecule has 0 aromatic rings. The fourth-order valence-corrected chi connectivity index (χ4v) is 2.05. The van der Waals surface area contributed by atoms with Crippen LogP contribution in [0.3, 0.4) is 0 Å². The van der Waals surface area contributed by atoms with E-state index in [1.165, 1.54) is 12.8 Å². The van der Waals surface area contributed by atoms with Crippen LogP contribution in [0.2, 0.25) is 0 Å². The fourth-order valence-electron chi connectivity index (χ4n) is 1.80. The van der Waals surface area contributed by atoms with E-state index >= 15 is 0 Å². The zero-order valence-corrected chi connectivity index (χ0v) is 9.02. The van der Waals surface area contributed by atoms with Gasteiger partial charge in [0.25, 0.3) is 0 Å². The van der Waals surface area contributed by atoms with E-state index in [0.717, 1.165) is 25.5 Å². The molecule has 0 N–H and O–H groups in total. The lowest BCUT2D eigenvalue weighted by molar-refractivity contribution is -0.117. The van der Waals surface area contributed by atoms with E-state index in [2.05, 4.69) is 4.90 Å². The number of likely N-dealkylation sites (tertiary alicyclic amines) is 1. The molecule has 0 amide bonds.